The molecular formula is C24H24N9O4P. The van der Waals surface area contributed by atoms with Gasteiger partial charge in [-0.15, -0.1) is 0 Å². The minimum Gasteiger partial charge on any atom is -0.484 e. The van der Waals surface area contributed by atoms with Gasteiger partial charge in [-0.3, -0.25) is 0 Å². The fourth-order valence-electron chi connectivity index (χ4n) is 3.68. The van der Waals surface area contributed by atoms with Gasteiger partial charge >= 0.3 is 0 Å². The number of benzene rings is 3. The van der Waals surface area contributed by atoms with E-state index in [9.17, 15) is 0 Å². The quantitative estimate of drug-likeness (QED) is 0.112. The molecule has 0 aliphatic carbocycles. The van der Waals surface area contributed by atoms with Crippen molar-refractivity contribution in [2.75, 3.05) is 0 Å². The molecule has 13 nitrogen and oxygen atoms in total. The van der Waals surface area contributed by atoms with Crippen LogP contribution in [-0.4, -0.2) is 18.7 Å². The summed E-state index contributed by atoms with van der Waals surface area (Å²) < 4.78 is 33.2. The third kappa shape index (κ3) is 6.31. The molecule has 194 valence electrons. The number of para-hydroxylation sites is 3. The minimum absolute atomic E-state index is 0.214. The molecule has 3 unspecified atom stereocenters. The molecule has 0 bridgehead atoms. The fraction of sp³-hybridized carbons (Fsp3) is 0.250. The number of ether oxygens (including phenoxy) is 3. The molecule has 0 aliphatic heterocycles. The van der Waals surface area contributed by atoms with E-state index in [1.807, 2.05) is 0 Å². The number of hydrogen-bond donors (Lipinski definition) is 0. The lowest BCUT2D eigenvalue weighted by Crippen LogP contribution is -2.30. The molecule has 0 spiro atoms. The Bertz CT molecular complexity index is 1310. The molecule has 38 heavy (non-hydrogen) atoms. The molecule has 0 aliphatic rings. The van der Waals surface area contributed by atoms with Gasteiger partial charge in [0.1, 0.15) is 17.2 Å². The highest BCUT2D eigenvalue weighted by Crippen LogP contribution is 2.50. The van der Waals surface area contributed by atoms with Gasteiger partial charge in [-0.25, -0.2) is 0 Å². The van der Waals surface area contributed by atoms with Crippen molar-refractivity contribution < 1.29 is 18.8 Å². The van der Waals surface area contributed by atoms with Crippen molar-refractivity contribution in [1.29, 1.82) is 0 Å². The fourth-order valence-corrected chi connectivity index (χ4v) is 6.66. The van der Waals surface area contributed by atoms with Gasteiger partial charge in [0.25, 0.3) is 0 Å². The van der Waals surface area contributed by atoms with Gasteiger partial charge in [0.2, 0.25) is 0 Å². The SMILES string of the molecule is CC(N=[N+]=[N-])Oc1ccccc1P(=O)(c1ccccc1OC(C)N=[N+]=[N-])c1ccccc1OC(C)N=[N+]=[N-]. The first kappa shape index (κ1) is 27.8. The molecular weight excluding hydrogens is 509 g/mol. The van der Waals surface area contributed by atoms with Gasteiger partial charge in [0.05, 0.1) is 15.9 Å². The molecule has 0 radical (unpaired) electrons. The first-order valence-electron chi connectivity index (χ1n) is 11.4. The summed E-state index contributed by atoms with van der Waals surface area (Å²) in [6, 6.07) is 20.0. The molecule has 0 saturated heterocycles. The molecule has 3 aromatic carbocycles. The summed E-state index contributed by atoms with van der Waals surface area (Å²) in [5, 5.41) is 11.5. The number of hydrogen-bond acceptors (Lipinski definition) is 7. The van der Waals surface area contributed by atoms with Crippen molar-refractivity contribution in [2.24, 2.45) is 15.3 Å². The summed E-state index contributed by atoms with van der Waals surface area (Å²) >= 11 is 0. The monoisotopic (exact) mass is 533 g/mol. The predicted octanol–water partition coefficient (Wildman–Crippen LogP) is 6.43. The van der Waals surface area contributed by atoms with E-state index in [0.717, 1.165) is 0 Å². The first-order chi connectivity index (χ1) is 18.3. The van der Waals surface area contributed by atoms with E-state index in [0.29, 0.717) is 0 Å². The van der Waals surface area contributed by atoms with Crippen molar-refractivity contribution >= 4 is 23.1 Å². The van der Waals surface area contributed by atoms with E-state index >= 15 is 4.57 Å². The van der Waals surface area contributed by atoms with Crippen LogP contribution in [0.25, 0.3) is 31.3 Å². The van der Waals surface area contributed by atoms with Crippen LogP contribution >= 0.6 is 7.14 Å². The molecule has 0 fully saturated rings. The maximum atomic E-state index is 15.5. The molecule has 14 heteroatoms. The number of azide groups is 3. The van der Waals surface area contributed by atoms with Crippen LogP contribution in [0.1, 0.15) is 20.8 Å². The molecule has 3 aromatic rings. The lowest BCUT2D eigenvalue weighted by molar-refractivity contribution is 0.231. The van der Waals surface area contributed by atoms with Crippen molar-refractivity contribution in [1.82, 2.24) is 0 Å². The molecule has 3 rings (SSSR count). The van der Waals surface area contributed by atoms with Crippen LogP contribution in [0.15, 0.2) is 88.1 Å². The zero-order valence-corrected chi connectivity index (χ0v) is 21.7. The largest absolute Gasteiger partial charge is 0.484 e. The standard InChI is InChI=1S/C24H24N9O4P/c1-16(28-31-25)35-19-10-4-7-13-22(19)38(34,23-14-8-5-11-20(23)36-17(2)29-32-26)24-15-9-6-12-21(24)37-18(3)30-33-27/h4-18H,1-3H3. The highest BCUT2D eigenvalue weighted by molar-refractivity contribution is 7.85. The molecule has 0 amide bonds. The van der Waals surface area contributed by atoms with Gasteiger partial charge in [-0.2, -0.15) is 0 Å². The van der Waals surface area contributed by atoms with E-state index in [2.05, 4.69) is 30.1 Å². The number of nitrogens with zero attached hydrogens (tertiary/aromatic N) is 9. The molecule has 0 heterocycles. The molecule has 0 aromatic heterocycles. The Labute approximate surface area is 218 Å². The Balaban J connectivity index is 2.36. The second-order valence-corrected chi connectivity index (χ2v) is 10.4. The highest BCUT2D eigenvalue weighted by atomic mass is 31.2. The number of rotatable bonds is 12. The van der Waals surface area contributed by atoms with Gasteiger partial charge in [0, 0.05) is 14.7 Å². The Kier molecular flexibility index (Phi) is 9.48. The van der Waals surface area contributed by atoms with Crippen molar-refractivity contribution in [3.63, 3.8) is 0 Å². The highest BCUT2D eigenvalue weighted by Gasteiger charge is 2.38. The second-order valence-electron chi connectivity index (χ2n) is 7.78. The average Bonchev–Trinajstić information content (AvgIpc) is 2.89. The van der Waals surface area contributed by atoms with Crippen LogP contribution in [0.3, 0.4) is 0 Å². The molecule has 3 atom stereocenters. The summed E-state index contributed by atoms with van der Waals surface area (Å²) in [7, 11) is -3.89. The van der Waals surface area contributed by atoms with E-state index in [1.54, 1.807) is 93.6 Å². The summed E-state index contributed by atoms with van der Waals surface area (Å²) in [6.07, 6.45) is -2.70. The zero-order chi connectivity index (χ0) is 27.5. The van der Waals surface area contributed by atoms with Gasteiger partial charge in [-0.05, 0) is 73.8 Å². The van der Waals surface area contributed by atoms with E-state index < -0.39 is 25.8 Å². The maximum Gasteiger partial charge on any atom is 0.181 e. The predicted molar refractivity (Wildman–Crippen MR) is 144 cm³/mol. The smallest absolute Gasteiger partial charge is 0.181 e. The summed E-state index contributed by atoms with van der Waals surface area (Å²) in [6.45, 7) is 4.66. The zero-order valence-electron chi connectivity index (χ0n) is 20.8. The van der Waals surface area contributed by atoms with E-state index in [-0.39, 0.29) is 33.2 Å². The lowest BCUT2D eigenvalue weighted by atomic mass is 10.3. The Hall–Kier alpha value is -4.78. The normalized spacial score (nSPS) is 14.2. The van der Waals surface area contributed by atoms with Gasteiger partial charge < -0.3 is 18.8 Å². The summed E-state index contributed by atoms with van der Waals surface area (Å²) in [4.78, 5) is 8.34. The van der Waals surface area contributed by atoms with Crippen LogP contribution in [0, 0.1) is 0 Å². The summed E-state index contributed by atoms with van der Waals surface area (Å²) in [5.41, 5.74) is 26.5. The van der Waals surface area contributed by atoms with Crippen LogP contribution in [-0.2, 0) is 4.57 Å². The van der Waals surface area contributed by atoms with Crippen molar-refractivity contribution in [3.05, 3.63) is 104 Å². The average molecular weight is 533 g/mol. The third-order valence-electron chi connectivity index (χ3n) is 5.15. The van der Waals surface area contributed by atoms with Crippen LogP contribution in [0.4, 0.5) is 0 Å². The van der Waals surface area contributed by atoms with Gasteiger partial charge in [0.15, 0.2) is 25.8 Å². The molecule has 0 N–H and O–H groups in total. The topological polar surface area (TPSA) is 191 Å². The van der Waals surface area contributed by atoms with E-state index in [4.69, 9.17) is 30.8 Å². The van der Waals surface area contributed by atoms with Crippen LogP contribution < -0.4 is 30.1 Å². The van der Waals surface area contributed by atoms with E-state index in [1.165, 1.54) is 0 Å². The van der Waals surface area contributed by atoms with Crippen molar-refractivity contribution in [3.8, 4) is 17.2 Å². The first-order valence-corrected chi connectivity index (χ1v) is 13.1. The molecule has 0 saturated carbocycles. The van der Waals surface area contributed by atoms with Crippen LogP contribution in [0.5, 0.6) is 17.2 Å². The Morgan fingerprint density at radius 2 is 0.842 bits per heavy atom. The lowest BCUT2D eigenvalue weighted by Gasteiger charge is -2.27. The van der Waals surface area contributed by atoms with Crippen molar-refractivity contribution in [2.45, 2.75) is 39.5 Å². The Morgan fingerprint density at radius 3 is 1.11 bits per heavy atom. The third-order valence-corrected chi connectivity index (χ3v) is 8.29. The van der Waals surface area contributed by atoms with Crippen LogP contribution in [0.2, 0.25) is 0 Å². The Morgan fingerprint density at radius 1 is 0.579 bits per heavy atom. The maximum absolute atomic E-state index is 15.5. The van der Waals surface area contributed by atoms with Gasteiger partial charge in [-0.1, -0.05) is 51.7 Å². The minimum atomic E-state index is -3.89. The second kappa shape index (κ2) is 13.0. The summed E-state index contributed by atoms with van der Waals surface area (Å²) in [5.74, 6) is 0.643.